The van der Waals surface area contributed by atoms with Crippen LogP contribution in [0.15, 0.2) is 114 Å². The Balaban J connectivity index is 1.81. The number of carbonyl (C=O) groups excluding carboxylic acids is 2. The van der Waals surface area contributed by atoms with Crippen LogP contribution in [0, 0.1) is 10.5 Å². The van der Waals surface area contributed by atoms with Crippen LogP contribution in [0.25, 0.3) is 0 Å². The number of aryl methyl sites for hydroxylation is 1. The lowest BCUT2D eigenvalue weighted by molar-refractivity contribution is -0.140. The highest BCUT2D eigenvalue weighted by atomic mass is 127. The van der Waals surface area contributed by atoms with Crippen molar-refractivity contribution in [3.8, 4) is 0 Å². The van der Waals surface area contributed by atoms with Gasteiger partial charge in [0.2, 0.25) is 11.8 Å². The number of halogens is 1. The Bertz CT molecular complexity index is 1670. The first-order chi connectivity index (χ1) is 20.8. The van der Waals surface area contributed by atoms with Crippen molar-refractivity contribution in [3.63, 3.8) is 0 Å². The zero-order valence-electron chi connectivity index (χ0n) is 25.4. The number of anilines is 1. The van der Waals surface area contributed by atoms with Crippen LogP contribution in [0.4, 0.5) is 5.69 Å². The number of amides is 2. The van der Waals surface area contributed by atoms with Gasteiger partial charge in [0.25, 0.3) is 10.0 Å². The van der Waals surface area contributed by atoms with Crippen LogP contribution in [0.5, 0.6) is 0 Å². The topological polar surface area (TPSA) is 86.8 Å². The van der Waals surface area contributed by atoms with Gasteiger partial charge in [-0.05, 0) is 97.8 Å². The van der Waals surface area contributed by atoms with Gasteiger partial charge in [-0.3, -0.25) is 13.9 Å². The first-order valence-corrected chi connectivity index (χ1v) is 16.9. The Morgan fingerprint density at radius 3 is 2.00 bits per heavy atom. The molecule has 0 aliphatic rings. The average molecular weight is 724 g/mol. The van der Waals surface area contributed by atoms with Crippen molar-refractivity contribution >= 4 is 50.1 Å². The van der Waals surface area contributed by atoms with E-state index in [-0.39, 0.29) is 23.8 Å². The van der Waals surface area contributed by atoms with Crippen molar-refractivity contribution in [2.24, 2.45) is 0 Å². The summed E-state index contributed by atoms with van der Waals surface area (Å²) < 4.78 is 30.1. The molecule has 1 atom stereocenters. The summed E-state index contributed by atoms with van der Waals surface area (Å²) in [4.78, 5) is 30.0. The maximum atomic E-state index is 14.5. The van der Waals surface area contributed by atoms with Gasteiger partial charge in [-0.25, -0.2) is 8.42 Å². The normalized spacial score (nSPS) is 12.3. The zero-order valence-corrected chi connectivity index (χ0v) is 28.4. The smallest absolute Gasteiger partial charge is 0.264 e. The van der Waals surface area contributed by atoms with Crippen molar-refractivity contribution in [2.75, 3.05) is 10.8 Å². The lowest BCUT2D eigenvalue weighted by atomic mass is 10.0. The Morgan fingerprint density at radius 2 is 1.41 bits per heavy atom. The van der Waals surface area contributed by atoms with E-state index in [1.165, 1.54) is 17.0 Å². The summed E-state index contributed by atoms with van der Waals surface area (Å²) >= 11 is 2.15. The molecular formula is C35H38IN3O4S. The number of sulfonamides is 1. The first-order valence-electron chi connectivity index (χ1n) is 14.4. The van der Waals surface area contributed by atoms with E-state index in [9.17, 15) is 18.0 Å². The van der Waals surface area contributed by atoms with Gasteiger partial charge in [-0.15, -0.1) is 0 Å². The summed E-state index contributed by atoms with van der Waals surface area (Å²) in [6.45, 7) is 7.28. The lowest BCUT2D eigenvalue weighted by Gasteiger charge is -2.35. The SMILES string of the molecule is Cc1cccc(CN(C(=O)CN(c2ccc(I)cc2)S(=O)(=O)c2ccccc2)[C@H](Cc2ccccc2)C(=O)NC(C)(C)C)c1. The quantitative estimate of drug-likeness (QED) is 0.183. The van der Waals surface area contributed by atoms with Gasteiger partial charge in [0.15, 0.2) is 0 Å². The standard InChI is InChI=1S/C35H38IN3O4S/c1-26-12-11-15-28(22-26)24-38(32(34(41)37-35(2,3)4)23-27-13-7-5-8-14-27)33(40)25-39(30-20-18-29(36)19-21-30)44(42,43)31-16-9-6-10-17-31/h5-22,32H,23-25H2,1-4H3,(H,37,41)/t32-/m1/s1. The predicted molar refractivity (Wildman–Crippen MR) is 184 cm³/mol. The van der Waals surface area contributed by atoms with Crippen molar-refractivity contribution in [3.05, 3.63) is 129 Å². The van der Waals surface area contributed by atoms with Crippen molar-refractivity contribution in [1.82, 2.24) is 10.2 Å². The van der Waals surface area contributed by atoms with Crippen molar-refractivity contribution in [2.45, 2.75) is 57.1 Å². The average Bonchev–Trinajstić information content (AvgIpc) is 2.98. The van der Waals surface area contributed by atoms with Crippen LogP contribution in [-0.4, -0.2) is 43.3 Å². The molecule has 0 radical (unpaired) electrons. The fourth-order valence-corrected chi connectivity index (χ4v) is 6.66. The minimum absolute atomic E-state index is 0.0721. The highest BCUT2D eigenvalue weighted by Gasteiger charge is 2.35. The van der Waals surface area contributed by atoms with Crippen molar-refractivity contribution < 1.29 is 18.0 Å². The molecule has 0 heterocycles. The second-order valence-electron chi connectivity index (χ2n) is 11.8. The highest BCUT2D eigenvalue weighted by Crippen LogP contribution is 2.26. The molecule has 4 aromatic rings. The summed E-state index contributed by atoms with van der Waals surface area (Å²) in [5.41, 5.74) is 2.55. The molecule has 0 fully saturated rings. The molecule has 2 amide bonds. The zero-order chi connectivity index (χ0) is 31.9. The van der Waals surface area contributed by atoms with Gasteiger partial charge in [0.1, 0.15) is 12.6 Å². The van der Waals surface area contributed by atoms with Crippen LogP contribution < -0.4 is 9.62 Å². The number of hydrogen-bond donors (Lipinski definition) is 1. The summed E-state index contributed by atoms with van der Waals surface area (Å²) in [5, 5.41) is 3.05. The molecule has 230 valence electrons. The number of rotatable bonds is 11. The Labute approximate surface area is 274 Å². The summed E-state index contributed by atoms with van der Waals surface area (Å²) in [6, 6.07) is 31.4. The molecule has 0 aliphatic carbocycles. The summed E-state index contributed by atoms with van der Waals surface area (Å²) in [5.74, 6) is -0.802. The molecule has 0 spiro atoms. The van der Waals surface area contributed by atoms with E-state index in [0.29, 0.717) is 5.69 Å². The van der Waals surface area contributed by atoms with Gasteiger partial charge in [0.05, 0.1) is 10.6 Å². The number of carbonyl (C=O) groups is 2. The second-order valence-corrected chi connectivity index (χ2v) is 14.9. The number of nitrogens with zero attached hydrogens (tertiary/aromatic N) is 2. The molecule has 0 saturated carbocycles. The van der Waals surface area contributed by atoms with Gasteiger partial charge in [-0.2, -0.15) is 0 Å². The van der Waals surface area contributed by atoms with Crippen LogP contribution in [0.3, 0.4) is 0 Å². The molecule has 4 rings (SSSR count). The number of nitrogens with one attached hydrogen (secondary N) is 1. The number of hydrogen-bond acceptors (Lipinski definition) is 4. The van der Waals surface area contributed by atoms with Gasteiger partial charge in [0, 0.05) is 22.1 Å². The van der Waals surface area contributed by atoms with Crippen LogP contribution >= 0.6 is 22.6 Å². The van der Waals surface area contributed by atoms with Crippen LogP contribution in [0.1, 0.15) is 37.5 Å². The molecule has 1 N–H and O–H groups in total. The maximum absolute atomic E-state index is 14.5. The molecule has 9 heteroatoms. The fourth-order valence-electron chi connectivity index (χ4n) is 4.87. The molecule has 0 aliphatic heterocycles. The minimum atomic E-state index is -4.13. The molecule has 0 aromatic heterocycles. The van der Waals surface area contributed by atoms with Crippen molar-refractivity contribution in [1.29, 1.82) is 0 Å². The Morgan fingerprint density at radius 1 is 0.818 bits per heavy atom. The monoisotopic (exact) mass is 723 g/mol. The molecule has 44 heavy (non-hydrogen) atoms. The van der Waals surface area contributed by atoms with E-state index in [4.69, 9.17) is 0 Å². The van der Waals surface area contributed by atoms with Gasteiger partial charge in [-0.1, -0.05) is 78.4 Å². The Hall–Kier alpha value is -3.70. The van der Waals surface area contributed by atoms with Crippen LogP contribution in [-0.2, 0) is 32.6 Å². The second kappa shape index (κ2) is 14.4. The van der Waals surface area contributed by atoms with E-state index < -0.39 is 34.1 Å². The van der Waals surface area contributed by atoms with E-state index in [0.717, 1.165) is 24.6 Å². The molecule has 4 aromatic carbocycles. The third-order valence-electron chi connectivity index (χ3n) is 6.93. The van der Waals surface area contributed by atoms with E-state index in [1.807, 2.05) is 82.3 Å². The minimum Gasteiger partial charge on any atom is -0.350 e. The largest absolute Gasteiger partial charge is 0.350 e. The van der Waals surface area contributed by atoms with E-state index >= 15 is 0 Å². The third-order valence-corrected chi connectivity index (χ3v) is 9.44. The number of benzene rings is 4. The van der Waals surface area contributed by atoms with Gasteiger partial charge >= 0.3 is 0 Å². The Kier molecular flexibility index (Phi) is 10.9. The highest BCUT2D eigenvalue weighted by molar-refractivity contribution is 14.1. The summed E-state index contributed by atoms with van der Waals surface area (Å²) in [6.07, 6.45) is 0.259. The maximum Gasteiger partial charge on any atom is 0.264 e. The molecular weight excluding hydrogens is 685 g/mol. The third kappa shape index (κ3) is 8.92. The molecule has 0 unspecified atom stereocenters. The van der Waals surface area contributed by atoms with E-state index in [2.05, 4.69) is 27.9 Å². The van der Waals surface area contributed by atoms with E-state index in [1.54, 1.807) is 42.5 Å². The predicted octanol–water partition coefficient (Wildman–Crippen LogP) is 6.35. The first kappa shape index (κ1) is 33.2. The van der Waals surface area contributed by atoms with Crippen LogP contribution in [0.2, 0.25) is 0 Å². The molecule has 0 saturated heterocycles. The fraction of sp³-hybridized carbons (Fsp3) is 0.257. The lowest BCUT2D eigenvalue weighted by Crippen LogP contribution is -2.56. The van der Waals surface area contributed by atoms with Gasteiger partial charge < -0.3 is 10.2 Å². The molecule has 0 bridgehead atoms. The molecule has 7 nitrogen and oxygen atoms in total. The summed E-state index contributed by atoms with van der Waals surface area (Å²) in [7, 11) is -4.13.